The van der Waals surface area contributed by atoms with Gasteiger partial charge in [-0.25, -0.2) is 4.39 Å². The van der Waals surface area contributed by atoms with Crippen LogP contribution in [0, 0.1) is 6.92 Å². The van der Waals surface area contributed by atoms with Crippen molar-refractivity contribution in [1.29, 1.82) is 0 Å². The number of carbonyl (C=O) groups is 1. The predicted molar refractivity (Wildman–Crippen MR) is 66.7 cm³/mol. The molecule has 1 unspecified atom stereocenters. The molecule has 0 amide bonds. The highest BCUT2D eigenvalue weighted by molar-refractivity contribution is 5.73. The lowest BCUT2D eigenvalue weighted by Crippen LogP contribution is -2.32. The first-order valence-corrected chi connectivity index (χ1v) is 5.67. The molecule has 0 aliphatic heterocycles. The standard InChI is InChI=1S/C11H14FNO2.C2H6/c1-7-4-8(2-3-9(7)6-12)5-10(13)11(14)15;1-2/h2-4,10H,5-6,13H2,1H3,(H,14,15);1-2H3. The van der Waals surface area contributed by atoms with Crippen molar-refractivity contribution in [1.82, 2.24) is 0 Å². The summed E-state index contributed by atoms with van der Waals surface area (Å²) in [6.07, 6.45) is 0.267. The van der Waals surface area contributed by atoms with Gasteiger partial charge in [0.05, 0.1) is 0 Å². The zero-order valence-corrected chi connectivity index (χ0v) is 10.5. The Hall–Kier alpha value is -1.42. The second kappa shape index (κ2) is 7.79. The summed E-state index contributed by atoms with van der Waals surface area (Å²) in [5.41, 5.74) is 7.67. The summed E-state index contributed by atoms with van der Waals surface area (Å²) < 4.78 is 12.4. The van der Waals surface area contributed by atoms with Crippen molar-refractivity contribution in [2.75, 3.05) is 0 Å². The van der Waals surface area contributed by atoms with Crippen LogP contribution in [0.4, 0.5) is 4.39 Å². The zero-order valence-electron chi connectivity index (χ0n) is 10.5. The smallest absolute Gasteiger partial charge is 0.320 e. The van der Waals surface area contributed by atoms with Crippen LogP contribution in [0.5, 0.6) is 0 Å². The van der Waals surface area contributed by atoms with E-state index in [2.05, 4.69) is 0 Å². The Bertz CT molecular complexity index is 366. The molecule has 96 valence electrons. The van der Waals surface area contributed by atoms with Crippen LogP contribution in [0.2, 0.25) is 0 Å². The van der Waals surface area contributed by atoms with E-state index in [1.165, 1.54) is 0 Å². The van der Waals surface area contributed by atoms with Gasteiger partial charge >= 0.3 is 5.97 Å². The van der Waals surface area contributed by atoms with Crippen LogP contribution in [-0.4, -0.2) is 17.1 Å². The third-order valence-corrected chi connectivity index (χ3v) is 2.32. The Morgan fingerprint density at radius 3 is 2.47 bits per heavy atom. The molecular formula is C13H20FNO2. The maximum Gasteiger partial charge on any atom is 0.320 e. The van der Waals surface area contributed by atoms with Crippen LogP contribution in [0.3, 0.4) is 0 Å². The summed E-state index contributed by atoms with van der Waals surface area (Å²) in [7, 11) is 0. The maximum atomic E-state index is 12.4. The summed E-state index contributed by atoms with van der Waals surface area (Å²) in [4.78, 5) is 10.5. The molecule has 0 spiro atoms. The number of hydrogen-bond donors (Lipinski definition) is 2. The van der Waals surface area contributed by atoms with Gasteiger partial charge in [0.2, 0.25) is 0 Å². The first-order valence-electron chi connectivity index (χ1n) is 5.67. The van der Waals surface area contributed by atoms with E-state index in [-0.39, 0.29) is 6.42 Å². The second-order valence-electron chi connectivity index (χ2n) is 3.54. The fourth-order valence-electron chi connectivity index (χ4n) is 1.38. The molecule has 0 aliphatic carbocycles. The molecule has 1 atom stereocenters. The van der Waals surface area contributed by atoms with Gasteiger partial charge in [-0.05, 0) is 30.0 Å². The van der Waals surface area contributed by atoms with Gasteiger partial charge in [-0.3, -0.25) is 4.79 Å². The third kappa shape index (κ3) is 4.95. The number of hydrogen-bond acceptors (Lipinski definition) is 2. The van der Waals surface area contributed by atoms with Gasteiger partial charge in [0, 0.05) is 0 Å². The van der Waals surface area contributed by atoms with Crippen molar-refractivity contribution >= 4 is 5.97 Å². The van der Waals surface area contributed by atoms with Crippen molar-refractivity contribution in [3.8, 4) is 0 Å². The summed E-state index contributed by atoms with van der Waals surface area (Å²) in [6, 6.07) is 4.25. The highest BCUT2D eigenvalue weighted by Crippen LogP contribution is 2.13. The molecule has 0 bridgehead atoms. The summed E-state index contributed by atoms with van der Waals surface area (Å²) in [5, 5.41) is 8.63. The highest BCUT2D eigenvalue weighted by atomic mass is 19.1. The average Bonchev–Trinajstić information content (AvgIpc) is 2.31. The largest absolute Gasteiger partial charge is 0.480 e. The van der Waals surface area contributed by atoms with E-state index in [4.69, 9.17) is 10.8 Å². The van der Waals surface area contributed by atoms with E-state index < -0.39 is 18.7 Å². The number of aryl methyl sites for hydroxylation is 1. The molecule has 3 N–H and O–H groups in total. The van der Waals surface area contributed by atoms with Crippen LogP contribution in [-0.2, 0) is 17.9 Å². The number of carboxylic acids is 1. The number of aliphatic carboxylic acids is 1. The molecule has 4 heteroatoms. The zero-order chi connectivity index (χ0) is 13.4. The molecule has 0 radical (unpaired) electrons. The Labute approximate surface area is 101 Å². The lowest BCUT2D eigenvalue weighted by atomic mass is 10.0. The number of halogens is 1. The van der Waals surface area contributed by atoms with E-state index in [0.29, 0.717) is 5.56 Å². The fraction of sp³-hybridized carbons (Fsp3) is 0.462. The Kier molecular flexibility index (Phi) is 7.14. The third-order valence-electron chi connectivity index (χ3n) is 2.32. The lowest BCUT2D eigenvalue weighted by Gasteiger charge is -2.08. The fourth-order valence-corrected chi connectivity index (χ4v) is 1.38. The van der Waals surface area contributed by atoms with Crippen molar-refractivity contribution in [2.24, 2.45) is 5.73 Å². The minimum Gasteiger partial charge on any atom is -0.480 e. The molecular weight excluding hydrogens is 221 g/mol. The number of rotatable bonds is 4. The van der Waals surface area contributed by atoms with Crippen LogP contribution in [0.25, 0.3) is 0 Å². The van der Waals surface area contributed by atoms with Crippen molar-refractivity contribution in [3.05, 3.63) is 34.9 Å². The quantitative estimate of drug-likeness (QED) is 0.851. The normalized spacial score (nSPS) is 11.4. The first-order chi connectivity index (χ1) is 8.04. The van der Waals surface area contributed by atoms with Crippen LogP contribution < -0.4 is 5.73 Å². The topological polar surface area (TPSA) is 63.3 Å². The Morgan fingerprint density at radius 2 is 2.06 bits per heavy atom. The molecule has 0 aliphatic rings. The number of benzene rings is 1. The van der Waals surface area contributed by atoms with Gasteiger partial charge in [-0.15, -0.1) is 0 Å². The van der Waals surface area contributed by atoms with Crippen LogP contribution in [0.15, 0.2) is 18.2 Å². The Morgan fingerprint density at radius 1 is 1.47 bits per heavy atom. The maximum absolute atomic E-state index is 12.4. The van der Waals surface area contributed by atoms with Gasteiger partial charge in [-0.2, -0.15) is 0 Å². The molecule has 0 saturated heterocycles. The molecule has 1 rings (SSSR count). The van der Waals surface area contributed by atoms with Crippen molar-refractivity contribution in [3.63, 3.8) is 0 Å². The monoisotopic (exact) mass is 241 g/mol. The molecule has 17 heavy (non-hydrogen) atoms. The van der Waals surface area contributed by atoms with Gasteiger partial charge in [0.15, 0.2) is 0 Å². The summed E-state index contributed by atoms with van der Waals surface area (Å²) >= 11 is 0. The SMILES string of the molecule is CC.Cc1cc(CC(N)C(=O)O)ccc1CF. The molecule has 1 aromatic carbocycles. The summed E-state index contributed by atoms with van der Waals surface area (Å²) in [5.74, 6) is -1.03. The van der Waals surface area contributed by atoms with E-state index in [0.717, 1.165) is 11.1 Å². The highest BCUT2D eigenvalue weighted by Gasteiger charge is 2.12. The Balaban J connectivity index is 0.00000121. The van der Waals surface area contributed by atoms with Gasteiger partial charge in [-0.1, -0.05) is 32.0 Å². The predicted octanol–water partition coefficient (Wildman–Crippen LogP) is 2.45. The number of nitrogens with two attached hydrogens (primary N) is 1. The minimum atomic E-state index is -1.03. The first kappa shape index (κ1) is 15.6. The average molecular weight is 241 g/mol. The number of carboxylic acid groups (broad SMARTS) is 1. The molecule has 3 nitrogen and oxygen atoms in total. The molecule has 0 heterocycles. The van der Waals surface area contributed by atoms with Crippen LogP contribution >= 0.6 is 0 Å². The lowest BCUT2D eigenvalue weighted by molar-refractivity contribution is -0.138. The second-order valence-corrected chi connectivity index (χ2v) is 3.54. The molecule has 0 aromatic heterocycles. The number of alkyl halides is 1. The van der Waals surface area contributed by atoms with E-state index >= 15 is 0 Å². The minimum absolute atomic E-state index is 0.267. The van der Waals surface area contributed by atoms with Crippen molar-refractivity contribution in [2.45, 2.75) is 39.9 Å². The van der Waals surface area contributed by atoms with E-state index in [1.807, 2.05) is 13.8 Å². The molecule has 1 aromatic rings. The van der Waals surface area contributed by atoms with Crippen molar-refractivity contribution < 1.29 is 14.3 Å². The van der Waals surface area contributed by atoms with E-state index in [9.17, 15) is 9.18 Å². The van der Waals surface area contributed by atoms with Gasteiger partial charge in [0.25, 0.3) is 0 Å². The molecule has 0 fully saturated rings. The van der Waals surface area contributed by atoms with E-state index in [1.54, 1.807) is 25.1 Å². The summed E-state index contributed by atoms with van der Waals surface area (Å²) in [6.45, 7) is 5.29. The van der Waals surface area contributed by atoms with Gasteiger partial charge < -0.3 is 10.8 Å². The van der Waals surface area contributed by atoms with Crippen LogP contribution in [0.1, 0.15) is 30.5 Å². The van der Waals surface area contributed by atoms with Gasteiger partial charge in [0.1, 0.15) is 12.7 Å². The molecule has 0 saturated carbocycles.